The summed E-state index contributed by atoms with van der Waals surface area (Å²) in [4.78, 5) is 45.8. The number of nitrogens with zero attached hydrogens (tertiary/aromatic N) is 3. The molecule has 0 radical (unpaired) electrons. The van der Waals surface area contributed by atoms with E-state index in [1.165, 1.54) is 28.2 Å². The number of nitro benzene ring substituents is 1. The number of carbonyl (C=O) groups is 2. The first kappa shape index (κ1) is 23.4. The Bertz CT molecular complexity index is 1610. The van der Waals surface area contributed by atoms with Crippen molar-refractivity contribution in [2.45, 2.75) is 12.1 Å². The Morgan fingerprint density at radius 2 is 1.62 bits per heavy atom. The second-order valence-electron chi connectivity index (χ2n) is 8.78. The van der Waals surface area contributed by atoms with Crippen molar-refractivity contribution in [3.8, 4) is 0 Å². The van der Waals surface area contributed by atoms with Gasteiger partial charge in [0.2, 0.25) is 5.91 Å². The van der Waals surface area contributed by atoms with E-state index < -0.39 is 34.8 Å². The number of hydroxylamine groups is 1. The van der Waals surface area contributed by atoms with Crippen molar-refractivity contribution in [3.63, 3.8) is 0 Å². The van der Waals surface area contributed by atoms with Crippen molar-refractivity contribution >= 4 is 62.9 Å². The van der Waals surface area contributed by atoms with Crippen LogP contribution < -0.4 is 9.96 Å². The summed E-state index contributed by atoms with van der Waals surface area (Å²) in [5.41, 5.74) is 1.13. The summed E-state index contributed by atoms with van der Waals surface area (Å²) in [5.74, 6) is -1.92. The van der Waals surface area contributed by atoms with Gasteiger partial charge in [-0.3, -0.25) is 24.5 Å². The van der Waals surface area contributed by atoms with Crippen molar-refractivity contribution in [2.75, 3.05) is 9.96 Å². The molecular formula is C27H17Cl2N3O5. The van der Waals surface area contributed by atoms with E-state index >= 15 is 0 Å². The van der Waals surface area contributed by atoms with Crippen molar-refractivity contribution in [2.24, 2.45) is 5.92 Å². The molecule has 2 fully saturated rings. The maximum Gasteiger partial charge on any atom is 0.271 e. The summed E-state index contributed by atoms with van der Waals surface area (Å²) in [7, 11) is 0. The molecule has 0 aliphatic carbocycles. The molecule has 10 heteroatoms. The molecule has 184 valence electrons. The minimum Gasteiger partial charge on any atom is -0.273 e. The van der Waals surface area contributed by atoms with E-state index in [2.05, 4.69) is 0 Å². The smallest absolute Gasteiger partial charge is 0.271 e. The summed E-state index contributed by atoms with van der Waals surface area (Å²) >= 11 is 12.7. The lowest BCUT2D eigenvalue weighted by atomic mass is 9.90. The monoisotopic (exact) mass is 533 g/mol. The van der Waals surface area contributed by atoms with E-state index in [1.54, 1.807) is 36.4 Å². The van der Waals surface area contributed by atoms with Crippen LogP contribution in [0.5, 0.6) is 0 Å². The molecule has 2 saturated heterocycles. The lowest BCUT2D eigenvalue weighted by Gasteiger charge is -2.29. The van der Waals surface area contributed by atoms with Gasteiger partial charge >= 0.3 is 0 Å². The van der Waals surface area contributed by atoms with Gasteiger partial charge in [-0.1, -0.05) is 71.7 Å². The molecule has 0 bridgehead atoms. The van der Waals surface area contributed by atoms with Crippen molar-refractivity contribution in [3.05, 3.63) is 111 Å². The molecule has 4 aromatic rings. The predicted molar refractivity (Wildman–Crippen MR) is 140 cm³/mol. The number of imide groups is 1. The van der Waals surface area contributed by atoms with Crippen LogP contribution in [0.25, 0.3) is 10.8 Å². The Morgan fingerprint density at radius 3 is 2.41 bits per heavy atom. The molecule has 2 amide bonds. The first-order chi connectivity index (χ1) is 17.8. The van der Waals surface area contributed by atoms with Crippen molar-refractivity contribution in [1.29, 1.82) is 0 Å². The number of hydrogen-bond acceptors (Lipinski definition) is 6. The van der Waals surface area contributed by atoms with Crippen LogP contribution in [0.15, 0.2) is 84.9 Å². The van der Waals surface area contributed by atoms with Gasteiger partial charge in [-0.2, -0.15) is 0 Å². The molecule has 4 aromatic carbocycles. The second-order valence-corrected chi connectivity index (χ2v) is 9.62. The van der Waals surface area contributed by atoms with E-state index in [0.29, 0.717) is 22.0 Å². The highest BCUT2D eigenvalue weighted by Gasteiger charge is 2.60. The van der Waals surface area contributed by atoms with Crippen LogP contribution in [0, 0.1) is 16.0 Å². The molecule has 0 N–H and O–H groups in total. The lowest BCUT2D eigenvalue weighted by Crippen LogP contribution is -2.37. The van der Waals surface area contributed by atoms with Gasteiger partial charge in [-0.15, -0.1) is 0 Å². The van der Waals surface area contributed by atoms with Gasteiger partial charge in [0.1, 0.15) is 5.92 Å². The van der Waals surface area contributed by atoms with Crippen LogP contribution in [0.3, 0.4) is 0 Å². The fraction of sp³-hybridized carbons (Fsp3) is 0.111. The summed E-state index contributed by atoms with van der Waals surface area (Å²) in [6, 6.07) is 22.7. The number of non-ortho nitro benzene ring substituents is 1. The van der Waals surface area contributed by atoms with E-state index in [0.717, 1.165) is 10.8 Å². The van der Waals surface area contributed by atoms with E-state index in [1.807, 2.05) is 30.3 Å². The molecule has 2 aliphatic heterocycles. The van der Waals surface area contributed by atoms with Crippen LogP contribution >= 0.6 is 23.2 Å². The molecule has 2 heterocycles. The van der Waals surface area contributed by atoms with E-state index in [4.69, 9.17) is 28.0 Å². The highest BCUT2D eigenvalue weighted by Crippen LogP contribution is 2.50. The minimum absolute atomic E-state index is 0.158. The molecule has 2 aliphatic rings. The Morgan fingerprint density at radius 1 is 0.865 bits per heavy atom. The van der Waals surface area contributed by atoms with Gasteiger partial charge in [0.25, 0.3) is 11.6 Å². The number of fused-ring (bicyclic) bond motifs is 2. The SMILES string of the molecule is O=C1C2ON(c3cccc([N+](=O)[O-])c3)C(c3ccc(Cl)cc3Cl)C2C(=O)N1c1cccc2ccccc12. The summed E-state index contributed by atoms with van der Waals surface area (Å²) in [6.45, 7) is 0. The van der Waals surface area contributed by atoms with Gasteiger partial charge in [-0.25, -0.2) is 9.96 Å². The van der Waals surface area contributed by atoms with Gasteiger partial charge in [-0.05, 0) is 35.2 Å². The van der Waals surface area contributed by atoms with Crippen LogP contribution in [0.2, 0.25) is 10.0 Å². The number of rotatable bonds is 4. The third-order valence-corrected chi connectivity index (χ3v) is 7.26. The topological polar surface area (TPSA) is 93.0 Å². The number of nitro groups is 1. The van der Waals surface area contributed by atoms with Crippen LogP contribution in [0.4, 0.5) is 17.1 Å². The number of halogens is 2. The summed E-state index contributed by atoms with van der Waals surface area (Å²) < 4.78 is 0. The molecule has 0 saturated carbocycles. The number of anilines is 2. The largest absolute Gasteiger partial charge is 0.273 e. The molecule has 6 rings (SSSR count). The standard InChI is InChI=1S/C27H17Cl2N3O5/c28-16-11-12-20(21(29)13-16)24-23-25(37-31(24)17-7-4-8-18(14-17)32(35)36)27(34)30(26(23)33)22-10-3-6-15-5-1-2-9-19(15)22/h1-14,23-25H. The number of benzene rings is 4. The van der Waals surface area contributed by atoms with Crippen molar-refractivity contribution in [1.82, 2.24) is 0 Å². The summed E-state index contributed by atoms with van der Waals surface area (Å²) in [6.07, 6.45) is -1.15. The first-order valence-electron chi connectivity index (χ1n) is 11.4. The lowest BCUT2D eigenvalue weighted by molar-refractivity contribution is -0.384. The summed E-state index contributed by atoms with van der Waals surface area (Å²) in [5, 5.41) is 15.1. The Kier molecular flexibility index (Phi) is 5.60. The molecular weight excluding hydrogens is 517 g/mol. The average molecular weight is 534 g/mol. The Labute approximate surface area is 220 Å². The molecule has 0 spiro atoms. The zero-order chi connectivity index (χ0) is 25.8. The zero-order valence-corrected chi connectivity index (χ0v) is 20.5. The fourth-order valence-corrected chi connectivity index (χ4v) is 5.60. The van der Waals surface area contributed by atoms with Crippen molar-refractivity contribution < 1.29 is 19.3 Å². The molecule has 8 nitrogen and oxygen atoms in total. The minimum atomic E-state index is -1.15. The van der Waals surface area contributed by atoms with Gasteiger partial charge in [0, 0.05) is 27.6 Å². The van der Waals surface area contributed by atoms with E-state index in [-0.39, 0.29) is 10.7 Å². The predicted octanol–water partition coefficient (Wildman–Crippen LogP) is 6.11. The molecule has 3 atom stereocenters. The first-order valence-corrected chi connectivity index (χ1v) is 12.1. The van der Waals surface area contributed by atoms with Gasteiger partial charge < -0.3 is 0 Å². The maximum atomic E-state index is 14.0. The Hall–Kier alpha value is -3.98. The van der Waals surface area contributed by atoms with Gasteiger partial charge in [0.05, 0.1) is 22.3 Å². The normalized spacial score (nSPS) is 21.1. The van der Waals surface area contributed by atoms with Crippen LogP contribution in [-0.4, -0.2) is 22.8 Å². The maximum absolute atomic E-state index is 14.0. The van der Waals surface area contributed by atoms with Crippen LogP contribution in [-0.2, 0) is 14.4 Å². The highest BCUT2D eigenvalue weighted by molar-refractivity contribution is 6.35. The van der Waals surface area contributed by atoms with E-state index in [9.17, 15) is 19.7 Å². The number of carbonyl (C=O) groups excluding carboxylic acids is 2. The molecule has 0 aromatic heterocycles. The molecule has 37 heavy (non-hydrogen) atoms. The van der Waals surface area contributed by atoms with Gasteiger partial charge in [0.15, 0.2) is 6.10 Å². The third-order valence-electron chi connectivity index (χ3n) is 6.70. The fourth-order valence-electron chi connectivity index (χ4n) is 5.08. The quantitative estimate of drug-likeness (QED) is 0.178. The Balaban J connectivity index is 1.49. The third kappa shape index (κ3) is 3.72. The average Bonchev–Trinajstić information content (AvgIpc) is 3.39. The van der Waals surface area contributed by atoms with Crippen LogP contribution in [0.1, 0.15) is 11.6 Å². The zero-order valence-electron chi connectivity index (χ0n) is 19.0. The number of amides is 2. The molecule has 3 unspecified atom stereocenters. The second kappa shape index (κ2) is 8.85. The highest BCUT2D eigenvalue weighted by atomic mass is 35.5. The number of hydrogen-bond donors (Lipinski definition) is 0.